The lowest BCUT2D eigenvalue weighted by atomic mass is 10.1. The van der Waals surface area contributed by atoms with Gasteiger partial charge in [0.05, 0.1) is 0 Å². The van der Waals surface area contributed by atoms with Gasteiger partial charge in [-0.2, -0.15) is 0 Å². The Morgan fingerprint density at radius 3 is 2.53 bits per heavy atom. The van der Waals surface area contributed by atoms with Gasteiger partial charge in [0, 0.05) is 21.9 Å². The van der Waals surface area contributed by atoms with Crippen molar-refractivity contribution in [3.63, 3.8) is 0 Å². The zero-order chi connectivity index (χ0) is 11.4. The van der Waals surface area contributed by atoms with Crippen molar-refractivity contribution in [3.05, 3.63) is 22.7 Å². The van der Waals surface area contributed by atoms with E-state index in [4.69, 9.17) is 5.73 Å². The summed E-state index contributed by atoms with van der Waals surface area (Å²) in [6.45, 7) is 6.66. The van der Waals surface area contributed by atoms with Gasteiger partial charge in [-0.15, -0.1) is 0 Å². The molecule has 0 saturated heterocycles. The van der Waals surface area contributed by atoms with Crippen molar-refractivity contribution in [1.29, 1.82) is 0 Å². The molecular weight excluding hydrogens is 252 g/mol. The van der Waals surface area contributed by atoms with E-state index >= 15 is 0 Å². The van der Waals surface area contributed by atoms with Crippen molar-refractivity contribution in [2.75, 3.05) is 11.1 Å². The minimum atomic E-state index is 0.477. The molecule has 0 aliphatic rings. The summed E-state index contributed by atoms with van der Waals surface area (Å²) < 4.78 is 1.03. The van der Waals surface area contributed by atoms with Gasteiger partial charge < -0.3 is 11.1 Å². The van der Waals surface area contributed by atoms with Gasteiger partial charge >= 0.3 is 0 Å². The van der Waals surface area contributed by atoms with E-state index in [0.29, 0.717) is 12.0 Å². The Balaban J connectivity index is 2.64. The molecule has 0 heterocycles. The molecule has 0 aliphatic heterocycles. The van der Waals surface area contributed by atoms with Gasteiger partial charge in [-0.25, -0.2) is 0 Å². The van der Waals surface area contributed by atoms with Crippen molar-refractivity contribution in [1.82, 2.24) is 0 Å². The summed E-state index contributed by atoms with van der Waals surface area (Å²) in [5, 5.41) is 3.47. The van der Waals surface area contributed by atoms with E-state index < -0.39 is 0 Å². The summed E-state index contributed by atoms with van der Waals surface area (Å²) in [6, 6.07) is 6.32. The second-order valence-electron chi connectivity index (χ2n) is 4.41. The Hall–Kier alpha value is -0.700. The number of benzene rings is 1. The first-order valence-corrected chi connectivity index (χ1v) is 6.10. The summed E-state index contributed by atoms with van der Waals surface area (Å²) in [5.41, 5.74) is 7.57. The molecule has 1 unspecified atom stereocenters. The fourth-order valence-corrected chi connectivity index (χ4v) is 2.19. The molecule has 2 nitrogen and oxygen atoms in total. The van der Waals surface area contributed by atoms with Crippen LogP contribution in [0.3, 0.4) is 0 Å². The molecule has 0 fully saturated rings. The van der Waals surface area contributed by atoms with Crippen LogP contribution >= 0.6 is 15.9 Å². The predicted molar refractivity (Wildman–Crippen MR) is 71.1 cm³/mol. The number of nitrogens with one attached hydrogen (secondary N) is 1. The zero-order valence-electron chi connectivity index (χ0n) is 9.55. The Morgan fingerprint density at radius 2 is 2.00 bits per heavy atom. The third kappa shape index (κ3) is 4.12. The molecule has 15 heavy (non-hydrogen) atoms. The van der Waals surface area contributed by atoms with Crippen molar-refractivity contribution in [3.8, 4) is 0 Å². The molecule has 0 amide bonds. The number of rotatable bonds is 4. The van der Waals surface area contributed by atoms with E-state index in [1.54, 1.807) is 0 Å². The molecular formula is C12H19BrN2. The fourth-order valence-electron chi connectivity index (χ4n) is 1.68. The number of nitrogens with two attached hydrogens (primary N) is 1. The Bertz CT molecular complexity index is 323. The summed E-state index contributed by atoms with van der Waals surface area (Å²) in [4.78, 5) is 0. The monoisotopic (exact) mass is 270 g/mol. The minimum Gasteiger partial charge on any atom is -0.399 e. The predicted octanol–water partition coefficient (Wildman–Crippen LogP) is 3.88. The molecule has 1 rings (SSSR count). The number of nitrogen functional groups attached to an aromatic ring is 1. The number of anilines is 2. The van der Waals surface area contributed by atoms with Crippen molar-refractivity contribution < 1.29 is 0 Å². The van der Waals surface area contributed by atoms with Crippen molar-refractivity contribution in [2.24, 2.45) is 5.92 Å². The van der Waals surface area contributed by atoms with Gasteiger partial charge in [0.15, 0.2) is 0 Å². The van der Waals surface area contributed by atoms with Crippen LogP contribution in [0.5, 0.6) is 0 Å². The van der Waals surface area contributed by atoms with Gasteiger partial charge in [-0.1, -0.05) is 13.8 Å². The largest absolute Gasteiger partial charge is 0.399 e. The van der Waals surface area contributed by atoms with E-state index in [0.717, 1.165) is 22.3 Å². The van der Waals surface area contributed by atoms with Crippen LogP contribution in [0.25, 0.3) is 0 Å². The van der Waals surface area contributed by atoms with E-state index in [-0.39, 0.29) is 0 Å². The van der Waals surface area contributed by atoms with Crippen molar-refractivity contribution >= 4 is 27.3 Å². The quantitative estimate of drug-likeness (QED) is 0.815. The lowest BCUT2D eigenvalue weighted by molar-refractivity contribution is 0.539. The number of hydrogen-bond acceptors (Lipinski definition) is 2. The zero-order valence-corrected chi connectivity index (χ0v) is 11.1. The Kier molecular flexibility index (Phi) is 4.45. The third-order valence-corrected chi connectivity index (χ3v) is 2.88. The maximum atomic E-state index is 5.68. The van der Waals surface area contributed by atoms with Gasteiger partial charge in [0.25, 0.3) is 0 Å². The van der Waals surface area contributed by atoms with E-state index in [9.17, 15) is 0 Å². The van der Waals surface area contributed by atoms with Crippen LogP contribution < -0.4 is 11.1 Å². The molecule has 0 aromatic heterocycles. The highest BCUT2D eigenvalue weighted by atomic mass is 79.9. The molecule has 0 bridgehead atoms. The van der Waals surface area contributed by atoms with Crippen LogP contribution in [0, 0.1) is 5.92 Å². The molecule has 0 aliphatic carbocycles. The summed E-state index contributed by atoms with van der Waals surface area (Å²) >= 11 is 3.50. The first-order chi connectivity index (χ1) is 6.99. The fraction of sp³-hybridized carbons (Fsp3) is 0.500. The van der Waals surface area contributed by atoms with Crippen LogP contribution in [-0.2, 0) is 0 Å². The molecule has 3 N–H and O–H groups in total. The number of halogens is 1. The molecule has 1 aromatic rings. The SMILES string of the molecule is CC(C)CC(C)Nc1ccc(N)cc1Br. The van der Waals surface area contributed by atoms with Crippen LogP contribution in [0.15, 0.2) is 22.7 Å². The van der Waals surface area contributed by atoms with Crippen molar-refractivity contribution in [2.45, 2.75) is 33.2 Å². The van der Waals surface area contributed by atoms with Gasteiger partial charge in [-0.3, -0.25) is 0 Å². The van der Waals surface area contributed by atoms with Crippen LogP contribution in [0.4, 0.5) is 11.4 Å². The summed E-state index contributed by atoms with van der Waals surface area (Å²) in [7, 11) is 0. The average molecular weight is 271 g/mol. The first-order valence-electron chi connectivity index (χ1n) is 5.30. The normalized spacial score (nSPS) is 12.9. The molecule has 1 atom stereocenters. The highest BCUT2D eigenvalue weighted by Crippen LogP contribution is 2.25. The van der Waals surface area contributed by atoms with Gasteiger partial charge in [0.2, 0.25) is 0 Å². The average Bonchev–Trinajstić information content (AvgIpc) is 2.08. The number of hydrogen-bond donors (Lipinski definition) is 2. The topological polar surface area (TPSA) is 38.0 Å². The summed E-state index contributed by atoms with van der Waals surface area (Å²) in [6.07, 6.45) is 1.16. The van der Waals surface area contributed by atoms with Gasteiger partial charge in [-0.05, 0) is 53.4 Å². The molecule has 3 heteroatoms. The second kappa shape index (κ2) is 5.40. The highest BCUT2D eigenvalue weighted by molar-refractivity contribution is 9.10. The van der Waals surface area contributed by atoms with E-state index in [1.165, 1.54) is 0 Å². The third-order valence-electron chi connectivity index (χ3n) is 2.22. The molecule has 1 aromatic carbocycles. The lowest BCUT2D eigenvalue weighted by Gasteiger charge is -2.18. The Labute approximate surface area is 100 Å². The molecule has 0 spiro atoms. The van der Waals surface area contributed by atoms with E-state index in [2.05, 4.69) is 42.0 Å². The minimum absolute atomic E-state index is 0.477. The lowest BCUT2D eigenvalue weighted by Crippen LogP contribution is -2.17. The highest BCUT2D eigenvalue weighted by Gasteiger charge is 2.06. The maximum absolute atomic E-state index is 5.68. The maximum Gasteiger partial charge on any atom is 0.0488 e. The molecule has 84 valence electrons. The van der Waals surface area contributed by atoms with Crippen LogP contribution in [-0.4, -0.2) is 6.04 Å². The standard InChI is InChI=1S/C12H19BrN2/c1-8(2)6-9(3)15-12-5-4-10(14)7-11(12)13/h4-5,7-9,15H,6,14H2,1-3H3. The first kappa shape index (κ1) is 12.4. The second-order valence-corrected chi connectivity index (χ2v) is 5.27. The molecule has 0 radical (unpaired) electrons. The summed E-state index contributed by atoms with van der Waals surface area (Å²) in [5.74, 6) is 0.708. The molecule has 0 saturated carbocycles. The smallest absolute Gasteiger partial charge is 0.0488 e. The van der Waals surface area contributed by atoms with Crippen LogP contribution in [0.1, 0.15) is 27.2 Å². The van der Waals surface area contributed by atoms with Gasteiger partial charge in [0.1, 0.15) is 0 Å². The van der Waals surface area contributed by atoms with Crippen LogP contribution in [0.2, 0.25) is 0 Å². The Morgan fingerprint density at radius 1 is 1.33 bits per heavy atom. The van der Waals surface area contributed by atoms with E-state index in [1.807, 2.05) is 18.2 Å².